The second-order valence-corrected chi connectivity index (χ2v) is 5.94. The highest BCUT2D eigenvalue weighted by molar-refractivity contribution is 5.52. The van der Waals surface area contributed by atoms with Gasteiger partial charge in [0, 0.05) is 25.2 Å². The van der Waals surface area contributed by atoms with Gasteiger partial charge in [0.1, 0.15) is 17.2 Å². The van der Waals surface area contributed by atoms with Gasteiger partial charge in [0.2, 0.25) is 0 Å². The van der Waals surface area contributed by atoms with E-state index in [4.69, 9.17) is 19.9 Å². The molecule has 5 heteroatoms. The quantitative estimate of drug-likeness (QED) is 0.875. The molecule has 0 saturated carbocycles. The van der Waals surface area contributed by atoms with Crippen LogP contribution in [0, 0.1) is 5.92 Å². The predicted octanol–water partition coefficient (Wildman–Crippen LogP) is 2.44. The van der Waals surface area contributed by atoms with Crippen LogP contribution in [0.4, 0.5) is 0 Å². The van der Waals surface area contributed by atoms with Gasteiger partial charge in [-0.1, -0.05) is 6.92 Å². The van der Waals surface area contributed by atoms with Crippen LogP contribution in [0.5, 0.6) is 17.2 Å². The van der Waals surface area contributed by atoms with E-state index in [-0.39, 0.29) is 6.04 Å². The minimum absolute atomic E-state index is 0.0959. The maximum atomic E-state index is 6.11. The summed E-state index contributed by atoms with van der Waals surface area (Å²) < 4.78 is 16.5. The molecule has 2 rings (SSSR count). The third-order valence-electron chi connectivity index (χ3n) is 4.44. The summed E-state index contributed by atoms with van der Waals surface area (Å²) in [6.07, 6.45) is 2.49. The van der Waals surface area contributed by atoms with Gasteiger partial charge < -0.3 is 19.9 Å². The first-order chi connectivity index (χ1) is 10.6. The molecule has 1 aromatic rings. The summed E-state index contributed by atoms with van der Waals surface area (Å²) in [4.78, 5) is 2.45. The number of methoxy groups -OCH3 is 3. The van der Waals surface area contributed by atoms with E-state index in [2.05, 4.69) is 11.8 Å². The Balaban J connectivity index is 2.42. The summed E-state index contributed by atoms with van der Waals surface area (Å²) in [5, 5.41) is 0. The Morgan fingerprint density at radius 2 is 1.82 bits per heavy atom. The number of nitrogens with two attached hydrogens (primary N) is 1. The van der Waals surface area contributed by atoms with E-state index in [1.807, 2.05) is 12.1 Å². The minimum atomic E-state index is 0.0959. The van der Waals surface area contributed by atoms with E-state index in [1.165, 1.54) is 12.8 Å². The monoisotopic (exact) mass is 308 g/mol. The topological polar surface area (TPSA) is 57.0 Å². The molecule has 2 atom stereocenters. The highest BCUT2D eigenvalue weighted by Gasteiger charge is 2.29. The fourth-order valence-corrected chi connectivity index (χ4v) is 3.32. The van der Waals surface area contributed by atoms with Crippen LogP contribution in [0.25, 0.3) is 0 Å². The maximum absolute atomic E-state index is 6.11. The molecule has 0 aliphatic carbocycles. The van der Waals surface area contributed by atoms with Crippen molar-refractivity contribution in [1.82, 2.24) is 4.90 Å². The van der Waals surface area contributed by atoms with Gasteiger partial charge in [0.05, 0.1) is 32.9 Å². The Bertz CT molecular complexity index is 468. The molecule has 1 aliphatic rings. The van der Waals surface area contributed by atoms with Crippen LogP contribution < -0.4 is 19.9 Å². The Hall–Kier alpha value is -1.46. The lowest BCUT2D eigenvalue weighted by Crippen LogP contribution is -2.40. The van der Waals surface area contributed by atoms with Crippen molar-refractivity contribution in [2.75, 3.05) is 41.0 Å². The molecule has 124 valence electrons. The average Bonchev–Trinajstić information content (AvgIpc) is 2.55. The molecule has 0 spiro atoms. The number of likely N-dealkylation sites (tertiary alicyclic amines) is 1. The molecular weight excluding hydrogens is 280 g/mol. The van der Waals surface area contributed by atoms with Gasteiger partial charge in [-0.05, 0) is 25.3 Å². The van der Waals surface area contributed by atoms with Gasteiger partial charge in [-0.25, -0.2) is 0 Å². The van der Waals surface area contributed by atoms with Crippen LogP contribution in [0.15, 0.2) is 12.1 Å². The highest BCUT2D eigenvalue weighted by atomic mass is 16.5. The largest absolute Gasteiger partial charge is 0.496 e. The van der Waals surface area contributed by atoms with Crippen molar-refractivity contribution in [3.8, 4) is 17.2 Å². The summed E-state index contributed by atoms with van der Waals surface area (Å²) in [6, 6.07) is 3.89. The van der Waals surface area contributed by atoms with Crippen molar-refractivity contribution >= 4 is 0 Å². The highest BCUT2D eigenvalue weighted by Crippen LogP contribution is 2.41. The van der Waals surface area contributed by atoms with Crippen LogP contribution in [0.2, 0.25) is 0 Å². The normalized spacial score (nSPS) is 20.5. The number of ether oxygens (including phenoxy) is 3. The molecule has 22 heavy (non-hydrogen) atoms. The summed E-state index contributed by atoms with van der Waals surface area (Å²) in [5.74, 6) is 2.95. The van der Waals surface area contributed by atoms with Crippen LogP contribution in [-0.4, -0.2) is 45.9 Å². The van der Waals surface area contributed by atoms with E-state index in [9.17, 15) is 0 Å². The summed E-state index contributed by atoms with van der Waals surface area (Å²) in [5.41, 5.74) is 7.13. The van der Waals surface area contributed by atoms with Crippen molar-refractivity contribution < 1.29 is 14.2 Å². The van der Waals surface area contributed by atoms with Gasteiger partial charge in [-0.15, -0.1) is 0 Å². The first kappa shape index (κ1) is 16.9. The predicted molar refractivity (Wildman–Crippen MR) is 87.9 cm³/mol. The van der Waals surface area contributed by atoms with Crippen LogP contribution in [-0.2, 0) is 0 Å². The zero-order valence-electron chi connectivity index (χ0n) is 14.1. The number of hydrogen-bond donors (Lipinski definition) is 1. The Labute approximate surface area is 133 Å². The first-order valence-electron chi connectivity index (χ1n) is 7.88. The lowest BCUT2D eigenvalue weighted by atomic mass is 9.95. The van der Waals surface area contributed by atoms with Crippen molar-refractivity contribution in [3.63, 3.8) is 0 Å². The zero-order valence-corrected chi connectivity index (χ0v) is 14.1. The van der Waals surface area contributed by atoms with Gasteiger partial charge in [-0.3, -0.25) is 4.90 Å². The molecule has 0 unspecified atom stereocenters. The van der Waals surface area contributed by atoms with Crippen LogP contribution >= 0.6 is 0 Å². The number of piperidine rings is 1. The molecule has 5 nitrogen and oxygen atoms in total. The molecule has 0 radical (unpaired) electrons. The summed E-state index contributed by atoms with van der Waals surface area (Å²) in [7, 11) is 4.98. The Kier molecular flexibility index (Phi) is 5.91. The Morgan fingerprint density at radius 3 is 2.27 bits per heavy atom. The molecule has 2 N–H and O–H groups in total. The van der Waals surface area contributed by atoms with Gasteiger partial charge in [0.15, 0.2) is 0 Å². The summed E-state index contributed by atoms with van der Waals surface area (Å²) >= 11 is 0. The molecule has 1 saturated heterocycles. The number of nitrogens with zero attached hydrogens (tertiary/aromatic N) is 1. The molecule has 0 aromatic heterocycles. The van der Waals surface area contributed by atoms with Crippen molar-refractivity contribution in [1.29, 1.82) is 0 Å². The smallest absolute Gasteiger partial charge is 0.131 e. The van der Waals surface area contributed by atoms with Gasteiger partial charge >= 0.3 is 0 Å². The van der Waals surface area contributed by atoms with E-state index in [0.29, 0.717) is 12.5 Å². The number of hydrogen-bond acceptors (Lipinski definition) is 5. The van der Waals surface area contributed by atoms with Crippen molar-refractivity contribution in [2.24, 2.45) is 11.7 Å². The Morgan fingerprint density at radius 1 is 1.18 bits per heavy atom. The number of rotatable bonds is 6. The van der Waals surface area contributed by atoms with Gasteiger partial charge in [-0.2, -0.15) is 0 Å². The fraction of sp³-hybridized carbons (Fsp3) is 0.647. The lowest BCUT2D eigenvalue weighted by molar-refractivity contribution is 0.129. The van der Waals surface area contributed by atoms with E-state index in [0.717, 1.165) is 35.9 Å². The average molecular weight is 308 g/mol. The molecule has 0 amide bonds. The molecule has 1 aliphatic heterocycles. The van der Waals surface area contributed by atoms with E-state index < -0.39 is 0 Å². The summed E-state index contributed by atoms with van der Waals surface area (Å²) in [6.45, 7) is 4.94. The molecule has 1 aromatic carbocycles. The zero-order chi connectivity index (χ0) is 16.1. The fourth-order valence-electron chi connectivity index (χ4n) is 3.32. The van der Waals surface area contributed by atoms with Crippen LogP contribution in [0.3, 0.4) is 0 Å². The molecule has 1 fully saturated rings. The molecule has 0 bridgehead atoms. The van der Waals surface area contributed by atoms with Gasteiger partial charge in [0.25, 0.3) is 0 Å². The second kappa shape index (κ2) is 7.70. The van der Waals surface area contributed by atoms with Crippen molar-refractivity contribution in [3.05, 3.63) is 17.7 Å². The SMILES string of the molecule is COc1cc(OC)c([C@H](CN)N2CCC[C@@H](C)C2)c(OC)c1. The minimum Gasteiger partial charge on any atom is -0.496 e. The third kappa shape index (κ3) is 3.47. The third-order valence-corrected chi connectivity index (χ3v) is 4.44. The number of benzene rings is 1. The first-order valence-corrected chi connectivity index (χ1v) is 7.88. The molecular formula is C17H28N2O3. The molecule has 1 heterocycles. The maximum Gasteiger partial charge on any atom is 0.131 e. The lowest BCUT2D eigenvalue weighted by Gasteiger charge is -2.38. The van der Waals surface area contributed by atoms with Crippen molar-refractivity contribution in [2.45, 2.75) is 25.8 Å². The standard InChI is InChI=1S/C17H28N2O3/c1-12-6-5-7-19(11-12)14(10-18)17-15(21-3)8-13(20-2)9-16(17)22-4/h8-9,12,14H,5-7,10-11,18H2,1-4H3/t12-,14+/m1/s1. The van der Waals surface area contributed by atoms with E-state index in [1.54, 1.807) is 21.3 Å². The van der Waals surface area contributed by atoms with Crippen LogP contribution in [0.1, 0.15) is 31.4 Å². The van der Waals surface area contributed by atoms with E-state index >= 15 is 0 Å². The second-order valence-electron chi connectivity index (χ2n) is 5.94.